The Balaban J connectivity index is 1.46. The van der Waals surface area contributed by atoms with Crippen molar-refractivity contribution in [1.82, 2.24) is 15.5 Å². The molecule has 0 bridgehead atoms. The summed E-state index contributed by atoms with van der Waals surface area (Å²) in [4.78, 5) is 49.9. The SMILES string of the molecule is C[C@H]1CCCC[C@]12NC(=O)N(CC(=O)OCC(=O)NCc1ccc(Cl)cc1)C2=O. The van der Waals surface area contributed by atoms with E-state index in [0.29, 0.717) is 11.4 Å². The van der Waals surface area contributed by atoms with Crippen LogP contribution in [0.5, 0.6) is 0 Å². The molecule has 1 saturated carbocycles. The molecular formula is C20H24ClN3O5. The number of carbonyl (C=O) groups excluding carboxylic acids is 4. The number of amides is 4. The van der Waals surface area contributed by atoms with Gasteiger partial charge in [0.25, 0.3) is 11.8 Å². The lowest BCUT2D eigenvalue weighted by atomic mass is 9.73. The van der Waals surface area contributed by atoms with Crippen molar-refractivity contribution in [2.45, 2.75) is 44.7 Å². The number of esters is 1. The van der Waals surface area contributed by atoms with E-state index in [2.05, 4.69) is 10.6 Å². The quantitative estimate of drug-likeness (QED) is 0.540. The van der Waals surface area contributed by atoms with Crippen LogP contribution in [0, 0.1) is 5.92 Å². The second-order valence-corrected chi connectivity index (χ2v) is 7.94. The molecule has 2 aliphatic rings. The fourth-order valence-corrected chi connectivity index (χ4v) is 3.94. The predicted molar refractivity (Wildman–Crippen MR) is 105 cm³/mol. The molecule has 9 heteroatoms. The van der Waals surface area contributed by atoms with Crippen molar-refractivity contribution >= 4 is 35.4 Å². The highest BCUT2D eigenvalue weighted by atomic mass is 35.5. The Morgan fingerprint density at radius 3 is 2.69 bits per heavy atom. The highest BCUT2D eigenvalue weighted by Gasteiger charge is 2.55. The zero-order valence-electron chi connectivity index (χ0n) is 16.2. The van der Waals surface area contributed by atoms with E-state index in [1.807, 2.05) is 6.92 Å². The van der Waals surface area contributed by atoms with Crippen LogP contribution < -0.4 is 10.6 Å². The van der Waals surface area contributed by atoms with Gasteiger partial charge in [0.1, 0.15) is 12.1 Å². The van der Waals surface area contributed by atoms with Crippen molar-refractivity contribution in [3.63, 3.8) is 0 Å². The molecule has 2 fully saturated rings. The molecule has 156 valence electrons. The summed E-state index contributed by atoms with van der Waals surface area (Å²) in [6.07, 6.45) is 3.27. The predicted octanol–water partition coefficient (Wildman–Crippen LogP) is 2.00. The van der Waals surface area contributed by atoms with E-state index >= 15 is 0 Å². The van der Waals surface area contributed by atoms with Gasteiger partial charge in [-0.05, 0) is 36.5 Å². The molecule has 8 nitrogen and oxygen atoms in total. The van der Waals surface area contributed by atoms with Gasteiger partial charge in [-0.1, -0.05) is 43.5 Å². The number of hydrogen-bond acceptors (Lipinski definition) is 5. The van der Waals surface area contributed by atoms with Gasteiger partial charge >= 0.3 is 12.0 Å². The summed E-state index contributed by atoms with van der Waals surface area (Å²) in [6, 6.07) is 6.37. The van der Waals surface area contributed by atoms with Crippen LogP contribution in [0.1, 0.15) is 38.2 Å². The van der Waals surface area contributed by atoms with E-state index in [4.69, 9.17) is 16.3 Å². The normalized spacial score (nSPS) is 23.8. The Labute approximate surface area is 173 Å². The van der Waals surface area contributed by atoms with Gasteiger partial charge in [0, 0.05) is 11.6 Å². The van der Waals surface area contributed by atoms with Gasteiger partial charge in [-0.2, -0.15) is 0 Å². The first-order valence-corrected chi connectivity index (χ1v) is 10.0. The number of benzene rings is 1. The lowest BCUT2D eigenvalue weighted by molar-refractivity contribution is -0.151. The summed E-state index contributed by atoms with van der Waals surface area (Å²) in [5, 5.41) is 5.99. The average molecular weight is 422 g/mol. The lowest BCUT2D eigenvalue weighted by Crippen LogP contribution is -2.54. The van der Waals surface area contributed by atoms with Crippen LogP contribution in [-0.4, -0.2) is 47.4 Å². The molecule has 2 atom stereocenters. The molecule has 0 radical (unpaired) electrons. The molecule has 1 aromatic rings. The molecular weight excluding hydrogens is 398 g/mol. The first-order valence-electron chi connectivity index (χ1n) is 9.63. The van der Waals surface area contributed by atoms with Crippen molar-refractivity contribution < 1.29 is 23.9 Å². The van der Waals surface area contributed by atoms with Gasteiger partial charge in [0.15, 0.2) is 6.61 Å². The zero-order chi connectivity index (χ0) is 21.0. The molecule has 3 rings (SSSR count). The molecule has 1 aliphatic carbocycles. The molecule has 0 aromatic heterocycles. The van der Waals surface area contributed by atoms with Gasteiger partial charge in [0.2, 0.25) is 0 Å². The van der Waals surface area contributed by atoms with Crippen LogP contribution in [0.2, 0.25) is 5.02 Å². The Bertz CT molecular complexity index is 813. The minimum Gasteiger partial charge on any atom is -0.454 e. The van der Waals surface area contributed by atoms with E-state index in [1.54, 1.807) is 24.3 Å². The maximum absolute atomic E-state index is 12.8. The largest absolute Gasteiger partial charge is 0.454 e. The van der Waals surface area contributed by atoms with Crippen LogP contribution in [0.15, 0.2) is 24.3 Å². The van der Waals surface area contributed by atoms with E-state index in [1.165, 1.54) is 0 Å². The fourth-order valence-electron chi connectivity index (χ4n) is 3.81. The number of urea groups is 1. The molecule has 29 heavy (non-hydrogen) atoms. The highest BCUT2D eigenvalue weighted by molar-refractivity contribution is 6.30. The Morgan fingerprint density at radius 1 is 1.28 bits per heavy atom. The van der Waals surface area contributed by atoms with Gasteiger partial charge in [0.05, 0.1) is 0 Å². The summed E-state index contributed by atoms with van der Waals surface area (Å²) in [6.45, 7) is 1.20. The van der Waals surface area contributed by atoms with Crippen LogP contribution in [0.4, 0.5) is 4.79 Å². The highest BCUT2D eigenvalue weighted by Crippen LogP contribution is 2.38. The third-order valence-corrected chi connectivity index (χ3v) is 5.81. The number of nitrogens with one attached hydrogen (secondary N) is 2. The molecule has 2 N–H and O–H groups in total. The zero-order valence-corrected chi connectivity index (χ0v) is 17.0. The van der Waals surface area contributed by atoms with Crippen LogP contribution >= 0.6 is 11.6 Å². The second kappa shape index (κ2) is 8.82. The van der Waals surface area contributed by atoms with Gasteiger partial charge < -0.3 is 15.4 Å². The van der Waals surface area contributed by atoms with Crippen molar-refractivity contribution in [2.75, 3.05) is 13.2 Å². The molecule has 1 aliphatic heterocycles. The van der Waals surface area contributed by atoms with E-state index in [9.17, 15) is 19.2 Å². The summed E-state index contributed by atoms with van der Waals surface area (Å²) in [5.74, 6) is -1.68. The molecule has 1 heterocycles. The van der Waals surface area contributed by atoms with Crippen LogP contribution in [0.25, 0.3) is 0 Å². The molecule has 4 amide bonds. The number of halogens is 1. The number of rotatable bonds is 6. The fraction of sp³-hybridized carbons (Fsp3) is 0.500. The van der Waals surface area contributed by atoms with Crippen molar-refractivity contribution in [3.8, 4) is 0 Å². The first kappa shape index (κ1) is 21.1. The topological polar surface area (TPSA) is 105 Å². The Morgan fingerprint density at radius 2 is 2.00 bits per heavy atom. The molecule has 1 saturated heterocycles. The first-order chi connectivity index (χ1) is 13.8. The monoisotopic (exact) mass is 421 g/mol. The third kappa shape index (κ3) is 4.70. The van der Waals surface area contributed by atoms with Crippen molar-refractivity contribution in [3.05, 3.63) is 34.9 Å². The van der Waals surface area contributed by atoms with Gasteiger partial charge in [-0.25, -0.2) is 4.79 Å². The molecule has 1 aromatic carbocycles. The summed E-state index contributed by atoms with van der Waals surface area (Å²) >= 11 is 5.80. The summed E-state index contributed by atoms with van der Waals surface area (Å²) in [5.41, 5.74) is -0.0775. The number of ether oxygens (including phenoxy) is 1. The van der Waals surface area contributed by atoms with Crippen molar-refractivity contribution in [2.24, 2.45) is 5.92 Å². The average Bonchev–Trinajstić information content (AvgIpc) is 2.93. The lowest BCUT2D eigenvalue weighted by Gasteiger charge is -2.36. The van der Waals surface area contributed by atoms with Gasteiger partial charge in [-0.3, -0.25) is 19.3 Å². The second-order valence-electron chi connectivity index (χ2n) is 7.50. The maximum Gasteiger partial charge on any atom is 0.326 e. The third-order valence-electron chi connectivity index (χ3n) is 5.56. The summed E-state index contributed by atoms with van der Waals surface area (Å²) in [7, 11) is 0. The number of nitrogens with zero attached hydrogens (tertiary/aromatic N) is 1. The Hall–Kier alpha value is -2.61. The summed E-state index contributed by atoms with van der Waals surface area (Å²) < 4.78 is 4.93. The number of hydrogen-bond donors (Lipinski definition) is 2. The standard InChI is InChI=1S/C20H24ClN3O5/c1-13-4-2-3-9-20(13)18(27)24(19(28)23-20)11-17(26)29-12-16(25)22-10-14-5-7-15(21)8-6-14/h5-8,13H,2-4,9-12H2,1H3,(H,22,25)(H,23,28)/t13-,20-/m0/s1. The number of imide groups is 1. The maximum atomic E-state index is 12.8. The van der Waals surface area contributed by atoms with E-state index in [0.717, 1.165) is 29.7 Å². The number of carbonyl (C=O) groups is 4. The molecule has 1 spiro atoms. The minimum atomic E-state index is -0.925. The van der Waals surface area contributed by atoms with Crippen LogP contribution in [-0.2, 0) is 25.7 Å². The smallest absolute Gasteiger partial charge is 0.326 e. The van der Waals surface area contributed by atoms with Gasteiger partial charge in [-0.15, -0.1) is 0 Å². The minimum absolute atomic E-state index is 0.00682. The molecule has 0 unspecified atom stereocenters. The van der Waals surface area contributed by atoms with E-state index in [-0.39, 0.29) is 18.4 Å². The van der Waals surface area contributed by atoms with Crippen molar-refractivity contribution in [1.29, 1.82) is 0 Å². The van der Waals surface area contributed by atoms with E-state index < -0.39 is 36.6 Å². The Kier molecular flexibility index (Phi) is 6.42. The van der Waals surface area contributed by atoms with Crippen LogP contribution in [0.3, 0.4) is 0 Å².